The van der Waals surface area contributed by atoms with E-state index in [-0.39, 0.29) is 10.6 Å². The van der Waals surface area contributed by atoms with Gasteiger partial charge < -0.3 is 5.32 Å². The zero-order chi connectivity index (χ0) is 15.5. The molecule has 0 aromatic heterocycles. The van der Waals surface area contributed by atoms with Gasteiger partial charge in [-0.2, -0.15) is 0 Å². The van der Waals surface area contributed by atoms with Gasteiger partial charge in [0.05, 0.1) is 10.6 Å². The highest BCUT2D eigenvalue weighted by Gasteiger charge is 2.11. The summed E-state index contributed by atoms with van der Waals surface area (Å²) in [6, 6.07) is 11.6. The number of aryl methyl sites for hydroxylation is 1. The molecule has 21 heavy (non-hydrogen) atoms. The largest absolute Gasteiger partial charge is 0.379 e. The van der Waals surface area contributed by atoms with Crippen LogP contribution >= 0.6 is 0 Å². The number of rotatable bonds is 5. The van der Waals surface area contributed by atoms with Crippen LogP contribution in [0.3, 0.4) is 0 Å². The maximum Gasteiger partial charge on any atom is 0.238 e. The number of primary sulfonamides is 1. The van der Waals surface area contributed by atoms with E-state index in [9.17, 15) is 12.8 Å². The van der Waals surface area contributed by atoms with E-state index in [0.29, 0.717) is 6.54 Å². The fourth-order valence-corrected chi connectivity index (χ4v) is 2.43. The Morgan fingerprint density at radius 2 is 1.71 bits per heavy atom. The molecule has 2 aromatic carbocycles. The van der Waals surface area contributed by atoms with Gasteiger partial charge in [-0.25, -0.2) is 17.9 Å². The fraction of sp³-hybridized carbons (Fsp3) is 0.200. The minimum absolute atomic E-state index is 0.238. The van der Waals surface area contributed by atoms with Crippen LogP contribution in [0.5, 0.6) is 0 Å². The summed E-state index contributed by atoms with van der Waals surface area (Å²) in [4.78, 5) is -0.238. The average Bonchev–Trinajstić information content (AvgIpc) is 2.45. The fourth-order valence-electron chi connectivity index (χ4n) is 1.91. The molecule has 3 N–H and O–H groups in total. The second kappa shape index (κ2) is 6.24. The Morgan fingerprint density at radius 3 is 2.24 bits per heavy atom. The lowest BCUT2D eigenvalue weighted by Gasteiger charge is -2.09. The third-order valence-corrected chi connectivity index (χ3v) is 4.09. The van der Waals surface area contributed by atoms with Crippen LogP contribution in [-0.4, -0.2) is 8.42 Å². The molecule has 6 heteroatoms. The van der Waals surface area contributed by atoms with Crippen molar-refractivity contribution in [1.82, 2.24) is 0 Å². The standard InChI is InChI=1S/C15H17FN2O2S/c1-2-11-3-5-12(6-4-11)10-18-15-8-7-13(9-14(15)16)21(17,19)20/h3-9,18H,2,10H2,1H3,(H2,17,19,20). The van der Waals surface area contributed by atoms with E-state index in [1.54, 1.807) is 0 Å². The predicted molar refractivity (Wildman–Crippen MR) is 80.9 cm³/mol. The van der Waals surface area contributed by atoms with Crippen molar-refractivity contribution in [2.75, 3.05) is 5.32 Å². The summed E-state index contributed by atoms with van der Waals surface area (Å²) < 4.78 is 36.1. The monoisotopic (exact) mass is 308 g/mol. The highest BCUT2D eigenvalue weighted by molar-refractivity contribution is 7.89. The number of sulfonamides is 1. The first-order chi connectivity index (χ1) is 9.90. The molecule has 0 bridgehead atoms. The summed E-state index contributed by atoms with van der Waals surface area (Å²) in [7, 11) is -3.88. The van der Waals surface area contributed by atoms with Crippen molar-refractivity contribution in [3.63, 3.8) is 0 Å². The zero-order valence-corrected chi connectivity index (χ0v) is 12.5. The Morgan fingerprint density at radius 1 is 1.10 bits per heavy atom. The van der Waals surface area contributed by atoms with Crippen LogP contribution in [0.1, 0.15) is 18.1 Å². The number of nitrogens with one attached hydrogen (secondary N) is 1. The topological polar surface area (TPSA) is 72.2 Å². The first kappa shape index (κ1) is 15.5. The van der Waals surface area contributed by atoms with Gasteiger partial charge in [-0.05, 0) is 35.7 Å². The van der Waals surface area contributed by atoms with E-state index in [2.05, 4.69) is 12.2 Å². The van der Waals surface area contributed by atoms with Gasteiger partial charge >= 0.3 is 0 Å². The van der Waals surface area contributed by atoms with Gasteiger partial charge in [0.2, 0.25) is 10.0 Å². The van der Waals surface area contributed by atoms with Gasteiger partial charge in [0.1, 0.15) is 5.82 Å². The second-order valence-corrected chi connectivity index (χ2v) is 6.27. The first-order valence-electron chi connectivity index (χ1n) is 6.54. The molecule has 0 unspecified atom stereocenters. The van der Waals surface area contributed by atoms with Crippen LogP contribution in [0.2, 0.25) is 0 Å². The average molecular weight is 308 g/mol. The summed E-state index contributed by atoms with van der Waals surface area (Å²) >= 11 is 0. The molecule has 4 nitrogen and oxygen atoms in total. The predicted octanol–water partition coefficient (Wildman–Crippen LogP) is 2.65. The minimum Gasteiger partial charge on any atom is -0.379 e. The Kier molecular flexibility index (Phi) is 4.59. The summed E-state index contributed by atoms with van der Waals surface area (Å²) in [5.74, 6) is -0.647. The Labute approximate surface area is 123 Å². The quantitative estimate of drug-likeness (QED) is 0.892. The molecule has 112 valence electrons. The van der Waals surface area contributed by atoms with Crippen molar-refractivity contribution in [1.29, 1.82) is 0 Å². The highest BCUT2D eigenvalue weighted by Crippen LogP contribution is 2.19. The summed E-state index contributed by atoms with van der Waals surface area (Å²) in [5.41, 5.74) is 2.49. The van der Waals surface area contributed by atoms with Crippen LogP contribution in [0.25, 0.3) is 0 Å². The normalized spacial score (nSPS) is 11.4. The molecule has 0 saturated heterocycles. The Hall–Kier alpha value is -1.92. The van der Waals surface area contributed by atoms with Gasteiger partial charge in [-0.3, -0.25) is 0 Å². The Balaban J connectivity index is 2.09. The van der Waals surface area contributed by atoms with E-state index in [0.717, 1.165) is 18.1 Å². The second-order valence-electron chi connectivity index (χ2n) is 4.71. The van der Waals surface area contributed by atoms with Crippen molar-refractivity contribution in [2.24, 2.45) is 5.14 Å². The minimum atomic E-state index is -3.88. The third-order valence-electron chi connectivity index (χ3n) is 3.18. The summed E-state index contributed by atoms with van der Waals surface area (Å²) in [6.07, 6.45) is 0.970. The van der Waals surface area contributed by atoms with E-state index >= 15 is 0 Å². The summed E-state index contributed by atoms with van der Waals surface area (Å²) in [6.45, 7) is 2.53. The van der Waals surface area contributed by atoms with Crippen LogP contribution in [-0.2, 0) is 23.0 Å². The first-order valence-corrected chi connectivity index (χ1v) is 8.09. The van der Waals surface area contributed by atoms with Crippen molar-refractivity contribution in [3.05, 3.63) is 59.4 Å². The van der Waals surface area contributed by atoms with E-state index in [1.165, 1.54) is 17.7 Å². The molecular weight excluding hydrogens is 291 g/mol. The maximum absolute atomic E-state index is 13.8. The van der Waals surface area contributed by atoms with Crippen LogP contribution in [0.15, 0.2) is 47.4 Å². The SMILES string of the molecule is CCc1ccc(CNc2ccc(S(N)(=O)=O)cc2F)cc1. The van der Waals surface area contributed by atoms with Crippen molar-refractivity contribution < 1.29 is 12.8 Å². The molecule has 0 heterocycles. The number of hydrogen-bond acceptors (Lipinski definition) is 3. The molecule has 2 rings (SSSR count). The molecule has 0 amide bonds. The molecule has 0 fully saturated rings. The van der Waals surface area contributed by atoms with Crippen molar-refractivity contribution in [2.45, 2.75) is 24.8 Å². The third kappa shape index (κ3) is 4.03. The molecular formula is C15H17FN2O2S. The molecule has 2 aromatic rings. The smallest absolute Gasteiger partial charge is 0.238 e. The zero-order valence-electron chi connectivity index (χ0n) is 11.6. The molecule has 0 atom stereocenters. The van der Waals surface area contributed by atoms with Crippen molar-refractivity contribution in [3.8, 4) is 0 Å². The van der Waals surface area contributed by atoms with E-state index < -0.39 is 15.8 Å². The van der Waals surface area contributed by atoms with Crippen LogP contribution < -0.4 is 10.5 Å². The molecule has 0 saturated carbocycles. The van der Waals surface area contributed by atoms with Gasteiger partial charge in [0.25, 0.3) is 0 Å². The highest BCUT2D eigenvalue weighted by atomic mass is 32.2. The van der Waals surface area contributed by atoms with E-state index in [1.807, 2.05) is 24.3 Å². The van der Waals surface area contributed by atoms with Gasteiger partial charge in [0.15, 0.2) is 0 Å². The lowest BCUT2D eigenvalue weighted by atomic mass is 10.1. The number of anilines is 1. The number of nitrogens with two attached hydrogens (primary N) is 1. The molecule has 0 radical (unpaired) electrons. The molecule has 0 spiro atoms. The maximum atomic E-state index is 13.8. The van der Waals surface area contributed by atoms with Crippen LogP contribution in [0.4, 0.5) is 10.1 Å². The van der Waals surface area contributed by atoms with E-state index in [4.69, 9.17) is 5.14 Å². The van der Waals surface area contributed by atoms with Gasteiger partial charge in [0, 0.05) is 6.54 Å². The number of hydrogen-bond donors (Lipinski definition) is 2. The molecule has 0 aliphatic carbocycles. The van der Waals surface area contributed by atoms with Crippen LogP contribution in [0, 0.1) is 5.82 Å². The number of halogens is 1. The lowest BCUT2D eigenvalue weighted by molar-refractivity contribution is 0.593. The Bertz CT molecular complexity index is 728. The molecule has 0 aliphatic heterocycles. The molecule has 0 aliphatic rings. The summed E-state index contributed by atoms with van der Waals surface area (Å²) in [5, 5.41) is 7.89. The lowest BCUT2D eigenvalue weighted by Crippen LogP contribution is -2.12. The van der Waals surface area contributed by atoms with Gasteiger partial charge in [-0.1, -0.05) is 31.2 Å². The van der Waals surface area contributed by atoms with Gasteiger partial charge in [-0.15, -0.1) is 0 Å². The van der Waals surface area contributed by atoms with Crippen molar-refractivity contribution >= 4 is 15.7 Å². The number of benzene rings is 2.